The van der Waals surface area contributed by atoms with Crippen molar-refractivity contribution in [1.82, 2.24) is 0 Å². The maximum atomic E-state index is 2.25. The highest BCUT2D eigenvalue weighted by Gasteiger charge is 1.95. The smallest absolute Gasteiger partial charge is 0 e. The number of hydrogen-bond acceptors (Lipinski definition) is 0. The van der Waals surface area contributed by atoms with E-state index in [9.17, 15) is 0 Å². The van der Waals surface area contributed by atoms with Crippen LogP contribution in [0, 0.1) is 23.2 Å². The normalized spacial score (nSPS) is 8.63. The van der Waals surface area contributed by atoms with Crippen molar-refractivity contribution < 1.29 is 1.43 Å². The van der Waals surface area contributed by atoms with Crippen molar-refractivity contribution in [2.75, 3.05) is 0 Å². The van der Waals surface area contributed by atoms with Crippen LogP contribution in [0.25, 0.3) is 0 Å². The quantitative estimate of drug-likeness (QED) is 0.232. The van der Waals surface area contributed by atoms with Crippen molar-refractivity contribution in [2.45, 2.75) is 250 Å². The van der Waals surface area contributed by atoms with E-state index in [0.29, 0.717) is 5.41 Å². The molecule has 0 amide bonds. The average molecular weight is 597 g/mol. The van der Waals surface area contributed by atoms with E-state index < -0.39 is 0 Å². The first-order chi connectivity index (χ1) is 18.4. The Kier molecular flexibility index (Phi) is 129. The Bertz CT molecular complexity index is 236. The predicted octanol–water partition coefficient (Wildman–Crippen LogP) is 18.1. The molecule has 0 bridgehead atoms. The lowest BCUT2D eigenvalue weighted by atomic mass is 10.0. The Balaban J connectivity index is -0.0000000289. The highest BCUT2D eigenvalue weighted by Crippen LogP contribution is 2.08. The molecule has 268 valence electrons. The van der Waals surface area contributed by atoms with Crippen LogP contribution in [0.3, 0.4) is 0 Å². The minimum atomic E-state index is 0. The second kappa shape index (κ2) is 77.6. The molecule has 0 fully saturated rings. The van der Waals surface area contributed by atoms with Crippen molar-refractivity contribution in [2.24, 2.45) is 23.2 Å². The lowest BCUT2D eigenvalue weighted by Crippen LogP contribution is -1.93. The largest absolute Gasteiger partial charge is 0.0776 e. The second-order valence-corrected chi connectivity index (χ2v) is 13.5. The fourth-order valence-corrected chi connectivity index (χ4v) is 1.03. The molecule has 0 aromatic carbocycles. The Morgan fingerprint density at radius 1 is 0.415 bits per heavy atom. The van der Waals surface area contributed by atoms with Crippen molar-refractivity contribution in [3.8, 4) is 0 Å². The maximum Gasteiger partial charge on any atom is 0 e. The van der Waals surface area contributed by atoms with Gasteiger partial charge >= 0.3 is 0 Å². The molecule has 0 heterocycles. The standard InChI is InChI=1S/C7H16.4C5H12.2C4H10.C3H8.C2H6.CH4.H2/c1-3-5-7-6-4-2;1-5(2,3)4;2*1-4-5(2)3;1-3-5-4-2;1-4(2)3;1-3-4-2;1-3-2;1-2;;/h3-7H2,1-2H3;1-4H3;2*5H,4H2,1-3H3;3-5H2,1-2H3;4H,1-3H3;3-4H2,1-2H3;3H2,1-2H3;1-2H3;1H4;1H. The third kappa shape index (κ3) is 477. The Labute approximate surface area is 274 Å². The van der Waals surface area contributed by atoms with Crippen molar-refractivity contribution >= 4 is 0 Å². The van der Waals surface area contributed by atoms with Gasteiger partial charge in [0.2, 0.25) is 0 Å². The summed E-state index contributed by atoms with van der Waals surface area (Å²) in [6, 6.07) is 0. The second-order valence-electron chi connectivity index (χ2n) is 13.5. The van der Waals surface area contributed by atoms with Gasteiger partial charge in [0.1, 0.15) is 0 Å². The molecule has 0 radical (unpaired) electrons. The van der Waals surface area contributed by atoms with Gasteiger partial charge in [-0.2, -0.15) is 0 Å². The van der Waals surface area contributed by atoms with Gasteiger partial charge in [0.05, 0.1) is 0 Å². The Morgan fingerprint density at radius 3 is 0.610 bits per heavy atom. The SMILES string of the molecule is C.CC.CC(C)(C)C.CC(C)C.CCC.CCC(C)C.CCC(C)C.CCCC.CCCCC.CCCCCCC.[HH]. The lowest BCUT2D eigenvalue weighted by Gasteiger charge is -2.05. The average Bonchev–Trinajstić information content (AvgIpc) is 2.86. The molecule has 0 N–H and O–H groups in total. The molecule has 0 spiro atoms. The third-order valence-electron chi connectivity index (χ3n) is 4.05. The minimum Gasteiger partial charge on any atom is -0.0776 e. The van der Waals surface area contributed by atoms with E-state index in [1.165, 1.54) is 83.5 Å². The van der Waals surface area contributed by atoms with E-state index in [1.807, 2.05) is 13.8 Å². The summed E-state index contributed by atoms with van der Waals surface area (Å²) in [7, 11) is 0. The first kappa shape index (κ1) is 68.3. The predicted molar refractivity (Wildman–Crippen MR) is 212 cm³/mol. The van der Waals surface area contributed by atoms with E-state index >= 15 is 0 Å². The van der Waals surface area contributed by atoms with Crippen LogP contribution in [-0.2, 0) is 0 Å². The van der Waals surface area contributed by atoms with Crippen LogP contribution < -0.4 is 0 Å². The highest BCUT2D eigenvalue weighted by atomic mass is 14.0. The molecule has 0 saturated carbocycles. The van der Waals surface area contributed by atoms with Crippen LogP contribution in [0.2, 0.25) is 0 Å². The number of unbranched alkanes of at least 4 members (excludes halogenated alkanes) is 7. The van der Waals surface area contributed by atoms with Crippen molar-refractivity contribution in [3.05, 3.63) is 0 Å². The zero-order chi connectivity index (χ0) is 34.4. The fourth-order valence-electron chi connectivity index (χ4n) is 1.03. The monoisotopic (exact) mass is 597 g/mol. The maximum absolute atomic E-state index is 2.25. The molecule has 41 heavy (non-hydrogen) atoms. The third-order valence-corrected chi connectivity index (χ3v) is 4.05. The number of rotatable bonds is 9. The van der Waals surface area contributed by atoms with Gasteiger partial charge in [-0.25, -0.2) is 0 Å². The molecule has 0 unspecified atom stereocenters. The van der Waals surface area contributed by atoms with Gasteiger partial charge in [-0.15, -0.1) is 0 Å². The zero-order valence-corrected chi connectivity index (χ0v) is 34.4. The van der Waals surface area contributed by atoms with Gasteiger partial charge in [0.25, 0.3) is 0 Å². The van der Waals surface area contributed by atoms with Crippen LogP contribution in [0.1, 0.15) is 252 Å². The topological polar surface area (TPSA) is 0 Å². The van der Waals surface area contributed by atoms with Gasteiger partial charge in [0, 0.05) is 1.43 Å². The molecule has 0 heteroatoms. The lowest BCUT2D eigenvalue weighted by molar-refractivity contribution is 0.469. The molecule has 0 aliphatic rings. The van der Waals surface area contributed by atoms with E-state index in [4.69, 9.17) is 0 Å². The van der Waals surface area contributed by atoms with Gasteiger partial charge in [-0.3, -0.25) is 0 Å². The molecule has 0 rings (SSSR count). The van der Waals surface area contributed by atoms with Crippen LogP contribution in [0.15, 0.2) is 0 Å². The molecule has 0 nitrogen and oxygen atoms in total. The Hall–Kier alpha value is 0. The van der Waals surface area contributed by atoms with Crippen LogP contribution in [-0.4, -0.2) is 0 Å². The van der Waals surface area contributed by atoms with E-state index in [-0.39, 0.29) is 8.85 Å². The molecule has 0 aromatic rings. The summed E-state index contributed by atoms with van der Waals surface area (Å²) in [5, 5.41) is 0. The molecule has 0 atom stereocenters. The summed E-state index contributed by atoms with van der Waals surface area (Å²) in [4.78, 5) is 0. The van der Waals surface area contributed by atoms with Gasteiger partial charge in [-0.1, -0.05) is 250 Å². The Morgan fingerprint density at radius 2 is 0.561 bits per heavy atom. The molecule has 0 saturated heterocycles. The fraction of sp³-hybridized carbons (Fsp3) is 1.00. The van der Waals surface area contributed by atoms with E-state index in [0.717, 1.165) is 17.8 Å². The van der Waals surface area contributed by atoms with Gasteiger partial charge in [-0.05, 0) is 23.2 Å². The van der Waals surface area contributed by atoms with Gasteiger partial charge < -0.3 is 0 Å². The van der Waals surface area contributed by atoms with Crippen molar-refractivity contribution in [3.63, 3.8) is 0 Å². The van der Waals surface area contributed by atoms with E-state index in [1.54, 1.807) is 0 Å². The molecule has 0 aliphatic carbocycles. The first-order valence-electron chi connectivity index (χ1n) is 18.4. The summed E-state index contributed by atoms with van der Waals surface area (Å²) in [6.45, 7) is 50.1. The first-order valence-corrected chi connectivity index (χ1v) is 18.4. The molecular weight excluding hydrogens is 492 g/mol. The molecule has 0 aliphatic heterocycles. The van der Waals surface area contributed by atoms with Crippen LogP contribution >= 0.6 is 0 Å². The van der Waals surface area contributed by atoms with Crippen molar-refractivity contribution in [1.29, 1.82) is 0 Å². The summed E-state index contributed by atoms with van der Waals surface area (Å²) in [5.41, 5.74) is 0.500. The molecule has 0 aromatic heterocycles. The van der Waals surface area contributed by atoms with Crippen LogP contribution in [0.4, 0.5) is 0 Å². The highest BCUT2D eigenvalue weighted by molar-refractivity contribution is 4.47. The summed E-state index contributed by atoms with van der Waals surface area (Å²) < 4.78 is 0. The summed E-state index contributed by atoms with van der Waals surface area (Å²) >= 11 is 0. The minimum absolute atomic E-state index is 0. The van der Waals surface area contributed by atoms with Gasteiger partial charge in [0.15, 0.2) is 0 Å². The van der Waals surface area contributed by atoms with E-state index in [2.05, 4.69) is 145 Å². The number of hydrogen-bond donors (Lipinski definition) is 0. The molecular formula is C41H104. The zero-order valence-electron chi connectivity index (χ0n) is 34.4. The van der Waals surface area contributed by atoms with Crippen LogP contribution in [0.5, 0.6) is 0 Å². The summed E-state index contributed by atoms with van der Waals surface area (Å²) in [5.74, 6) is 2.60. The summed E-state index contributed by atoms with van der Waals surface area (Å²) in [6.07, 6.45) is 17.6.